The minimum Gasteiger partial charge on any atom is -0.489 e. The summed E-state index contributed by atoms with van der Waals surface area (Å²) < 4.78 is 11.2. The van der Waals surface area contributed by atoms with E-state index in [-0.39, 0.29) is 12.1 Å². The smallest absolute Gasteiger partial charge is 0.407 e. The summed E-state index contributed by atoms with van der Waals surface area (Å²) in [4.78, 5) is 26.1. The number of benzene rings is 2. The van der Waals surface area contributed by atoms with E-state index in [0.29, 0.717) is 37.0 Å². The zero-order valence-corrected chi connectivity index (χ0v) is 20.2. The number of nitrogens with one attached hydrogen (secondary N) is 2. The van der Waals surface area contributed by atoms with Crippen molar-refractivity contribution < 1.29 is 19.1 Å². The van der Waals surface area contributed by atoms with Crippen molar-refractivity contribution in [3.8, 4) is 5.75 Å². The maximum Gasteiger partial charge on any atom is 0.407 e. The van der Waals surface area contributed by atoms with Crippen molar-refractivity contribution in [3.05, 3.63) is 64.7 Å². The Kier molecular flexibility index (Phi) is 8.44. The number of hydrogen-bond donors (Lipinski definition) is 2. The summed E-state index contributed by atoms with van der Waals surface area (Å²) >= 11 is 6.16. The Bertz CT molecular complexity index is 935. The monoisotopic (exact) mass is 473 g/mol. The van der Waals surface area contributed by atoms with Crippen LogP contribution in [0.4, 0.5) is 9.59 Å². The Hall–Kier alpha value is -2.93. The largest absolute Gasteiger partial charge is 0.489 e. The number of para-hydroxylation sites is 1. The second kappa shape index (κ2) is 11.3. The normalized spacial score (nSPS) is 14.5. The molecule has 1 saturated heterocycles. The molecule has 1 heterocycles. The first kappa shape index (κ1) is 24.7. The Labute approximate surface area is 200 Å². The third kappa shape index (κ3) is 8.17. The lowest BCUT2D eigenvalue weighted by Gasteiger charge is -2.32. The molecule has 33 heavy (non-hydrogen) atoms. The number of ether oxygens (including phenoxy) is 2. The van der Waals surface area contributed by atoms with E-state index in [9.17, 15) is 9.59 Å². The number of carbonyl (C=O) groups excluding carboxylic acids is 2. The summed E-state index contributed by atoms with van der Waals surface area (Å²) in [5.41, 5.74) is 1.42. The molecule has 0 unspecified atom stereocenters. The van der Waals surface area contributed by atoms with Gasteiger partial charge in [-0.15, -0.1) is 0 Å². The molecule has 2 aromatic carbocycles. The quantitative estimate of drug-likeness (QED) is 0.610. The number of carbonyl (C=O) groups is 2. The first-order valence-corrected chi connectivity index (χ1v) is 11.6. The van der Waals surface area contributed by atoms with Crippen molar-refractivity contribution in [3.63, 3.8) is 0 Å². The van der Waals surface area contributed by atoms with Crippen molar-refractivity contribution in [2.45, 2.75) is 58.4 Å². The number of halogens is 1. The molecule has 1 aliphatic heterocycles. The van der Waals surface area contributed by atoms with Crippen LogP contribution >= 0.6 is 11.6 Å². The minimum atomic E-state index is -0.524. The highest BCUT2D eigenvalue weighted by Crippen LogP contribution is 2.26. The first-order valence-electron chi connectivity index (χ1n) is 11.2. The fraction of sp³-hybridized carbons (Fsp3) is 0.440. The molecule has 0 radical (unpaired) electrons. The highest BCUT2D eigenvalue weighted by molar-refractivity contribution is 6.32. The first-order chi connectivity index (χ1) is 15.7. The minimum absolute atomic E-state index is 0.0517. The summed E-state index contributed by atoms with van der Waals surface area (Å²) in [6.45, 7) is 7.57. The van der Waals surface area contributed by atoms with Crippen molar-refractivity contribution in [2.75, 3.05) is 13.1 Å². The molecule has 8 heteroatoms. The van der Waals surface area contributed by atoms with Gasteiger partial charge in [0.2, 0.25) is 0 Å². The predicted octanol–water partition coefficient (Wildman–Crippen LogP) is 5.12. The van der Waals surface area contributed by atoms with E-state index in [1.54, 1.807) is 0 Å². The average molecular weight is 474 g/mol. The van der Waals surface area contributed by atoms with Gasteiger partial charge in [-0.25, -0.2) is 9.59 Å². The second-order valence-corrected chi connectivity index (χ2v) is 9.47. The number of rotatable bonds is 6. The molecule has 2 N–H and O–H groups in total. The molecular formula is C25H32ClN3O4. The number of nitrogens with zero attached hydrogens (tertiary/aromatic N) is 1. The molecular weight excluding hydrogens is 442 g/mol. The van der Waals surface area contributed by atoms with Crippen LogP contribution in [0.2, 0.25) is 5.02 Å². The number of urea groups is 1. The zero-order chi connectivity index (χ0) is 23.8. The SMILES string of the molecule is CC(C)(C)OC(=O)NCc1ccc(CNC(=O)N2CCC(Oc3ccccc3Cl)CC2)cc1. The Morgan fingerprint density at radius 2 is 1.55 bits per heavy atom. The van der Waals surface area contributed by atoms with Gasteiger partial charge in [-0.2, -0.15) is 0 Å². The van der Waals surface area contributed by atoms with Gasteiger partial charge in [-0.05, 0) is 44.0 Å². The topological polar surface area (TPSA) is 79.9 Å². The van der Waals surface area contributed by atoms with Crippen LogP contribution in [0.15, 0.2) is 48.5 Å². The van der Waals surface area contributed by atoms with Crippen molar-refractivity contribution >= 4 is 23.7 Å². The number of likely N-dealkylation sites (tertiary alicyclic amines) is 1. The molecule has 3 rings (SSSR count). The summed E-state index contributed by atoms with van der Waals surface area (Å²) in [7, 11) is 0. The molecule has 7 nitrogen and oxygen atoms in total. The second-order valence-electron chi connectivity index (χ2n) is 9.07. The molecule has 0 aliphatic carbocycles. The fourth-order valence-corrected chi connectivity index (χ4v) is 3.63. The maximum absolute atomic E-state index is 12.5. The van der Waals surface area contributed by atoms with Crippen LogP contribution in [0.5, 0.6) is 5.75 Å². The highest BCUT2D eigenvalue weighted by Gasteiger charge is 2.24. The van der Waals surface area contributed by atoms with E-state index in [1.165, 1.54) is 0 Å². The van der Waals surface area contributed by atoms with Crippen LogP contribution in [0, 0.1) is 0 Å². The van der Waals surface area contributed by atoms with Gasteiger partial charge in [0, 0.05) is 39.0 Å². The zero-order valence-electron chi connectivity index (χ0n) is 19.4. The van der Waals surface area contributed by atoms with Crippen LogP contribution in [-0.2, 0) is 17.8 Å². The Morgan fingerprint density at radius 3 is 2.12 bits per heavy atom. The molecule has 0 spiro atoms. The van der Waals surface area contributed by atoms with Crippen LogP contribution in [0.25, 0.3) is 0 Å². The van der Waals surface area contributed by atoms with E-state index in [1.807, 2.05) is 74.2 Å². The molecule has 178 valence electrons. The number of piperidine rings is 1. The maximum atomic E-state index is 12.5. The van der Waals surface area contributed by atoms with Gasteiger partial charge in [0.1, 0.15) is 17.5 Å². The lowest BCUT2D eigenvalue weighted by Crippen LogP contribution is -2.46. The van der Waals surface area contributed by atoms with Gasteiger partial charge < -0.3 is 25.0 Å². The van der Waals surface area contributed by atoms with E-state index in [0.717, 1.165) is 24.0 Å². The van der Waals surface area contributed by atoms with Crippen LogP contribution in [0.1, 0.15) is 44.7 Å². The van der Waals surface area contributed by atoms with E-state index in [2.05, 4.69) is 10.6 Å². The lowest BCUT2D eigenvalue weighted by atomic mass is 10.1. The van der Waals surface area contributed by atoms with Crippen molar-refractivity contribution in [1.82, 2.24) is 15.5 Å². The van der Waals surface area contributed by atoms with E-state index >= 15 is 0 Å². The third-order valence-corrected chi connectivity index (χ3v) is 5.47. The Balaban J connectivity index is 1.37. The highest BCUT2D eigenvalue weighted by atomic mass is 35.5. The fourth-order valence-electron chi connectivity index (χ4n) is 3.45. The third-order valence-electron chi connectivity index (χ3n) is 5.16. The number of amides is 3. The number of hydrogen-bond acceptors (Lipinski definition) is 4. The molecule has 0 aromatic heterocycles. The van der Waals surface area contributed by atoms with E-state index in [4.69, 9.17) is 21.1 Å². The van der Waals surface area contributed by atoms with Gasteiger partial charge in [-0.3, -0.25) is 0 Å². The summed E-state index contributed by atoms with van der Waals surface area (Å²) in [6.07, 6.45) is 1.13. The van der Waals surface area contributed by atoms with Crippen LogP contribution in [0.3, 0.4) is 0 Å². The van der Waals surface area contributed by atoms with Crippen LogP contribution < -0.4 is 15.4 Å². The van der Waals surface area contributed by atoms with Gasteiger partial charge in [0.05, 0.1) is 5.02 Å². The summed E-state index contributed by atoms with van der Waals surface area (Å²) in [5, 5.41) is 6.31. The molecule has 3 amide bonds. The van der Waals surface area contributed by atoms with Gasteiger partial charge >= 0.3 is 12.1 Å². The molecule has 1 aliphatic rings. The van der Waals surface area contributed by atoms with Crippen molar-refractivity contribution in [2.24, 2.45) is 0 Å². The van der Waals surface area contributed by atoms with Crippen LogP contribution in [-0.4, -0.2) is 41.8 Å². The summed E-state index contributed by atoms with van der Waals surface area (Å²) in [6, 6.07) is 15.1. The molecule has 0 atom stereocenters. The Morgan fingerprint density at radius 1 is 0.970 bits per heavy atom. The molecule has 0 saturated carbocycles. The molecule has 0 bridgehead atoms. The molecule has 2 aromatic rings. The average Bonchev–Trinajstić information content (AvgIpc) is 2.78. The molecule has 1 fully saturated rings. The summed E-state index contributed by atoms with van der Waals surface area (Å²) in [5.74, 6) is 0.687. The standard InChI is InChI=1S/C25H32ClN3O4/c1-25(2,3)33-24(31)28-17-19-10-8-18(9-11-19)16-27-23(30)29-14-12-20(13-15-29)32-22-7-5-4-6-21(22)26/h4-11,20H,12-17H2,1-3H3,(H,27,30)(H,28,31). The van der Waals surface area contributed by atoms with Crippen molar-refractivity contribution in [1.29, 1.82) is 0 Å². The predicted molar refractivity (Wildman–Crippen MR) is 128 cm³/mol. The van der Waals surface area contributed by atoms with Gasteiger partial charge in [-0.1, -0.05) is 48.0 Å². The van der Waals surface area contributed by atoms with E-state index < -0.39 is 11.7 Å². The van der Waals surface area contributed by atoms with Gasteiger partial charge in [0.25, 0.3) is 0 Å². The lowest BCUT2D eigenvalue weighted by molar-refractivity contribution is 0.0523. The number of alkyl carbamates (subject to hydrolysis) is 1. The van der Waals surface area contributed by atoms with Gasteiger partial charge in [0.15, 0.2) is 0 Å².